The molecule has 0 saturated carbocycles. The molecule has 23 heavy (non-hydrogen) atoms. The standard InChI is InChI=1S/C18H17BrN2O2/c19-14-7-3-8-15(11-14)20-17(22)12-18(23)21-10-4-6-13-5-1-2-9-16(13)21/h1-3,5,7-9,11H,4,6,10,12H2,(H,20,22). The predicted molar refractivity (Wildman–Crippen MR) is 94.5 cm³/mol. The van der Waals surface area contributed by atoms with Gasteiger partial charge in [0.1, 0.15) is 6.42 Å². The molecule has 2 amide bonds. The molecule has 0 saturated heterocycles. The van der Waals surface area contributed by atoms with Crippen molar-refractivity contribution in [3.8, 4) is 0 Å². The van der Waals surface area contributed by atoms with Crippen molar-refractivity contribution >= 4 is 39.1 Å². The Hall–Kier alpha value is -2.14. The molecule has 1 aliphatic rings. The van der Waals surface area contributed by atoms with Crippen molar-refractivity contribution in [1.82, 2.24) is 0 Å². The van der Waals surface area contributed by atoms with Crippen LogP contribution in [-0.2, 0) is 16.0 Å². The molecule has 0 fully saturated rings. The van der Waals surface area contributed by atoms with Crippen LogP contribution in [0.15, 0.2) is 53.0 Å². The molecule has 5 heteroatoms. The second kappa shape index (κ2) is 6.96. The maximum atomic E-state index is 12.5. The normalized spacial score (nSPS) is 13.3. The molecule has 0 bridgehead atoms. The minimum Gasteiger partial charge on any atom is -0.326 e. The number of rotatable bonds is 3. The summed E-state index contributed by atoms with van der Waals surface area (Å²) in [7, 11) is 0. The van der Waals surface area contributed by atoms with Gasteiger partial charge in [0.15, 0.2) is 0 Å². The van der Waals surface area contributed by atoms with E-state index in [1.807, 2.05) is 36.4 Å². The van der Waals surface area contributed by atoms with Gasteiger partial charge in [-0.15, -0.1) is 0 Å². The third kappa shape index (κ3) is 3.79. The molecule has 2 aromatic rings. The highest BCUT2D eigenvalue weighted by Gasteiger charge is 2.23. The summed E-state index contributed by atoms with van der Waals surface area (Å²) in [6.45, 7) is 0.667. The van der Waals surface area contributed by atoms with Crippen LogP contribution in [0.5, 0.6) is 0 Å². The first-order chi connectivity index (χ1) is 11.1. The molecule has 3 rings (SSSR count). The fraction of sp³-hybridized carbons (Fsp3) is 0.222. The highest BCUT2D eigenvalue weighted by molar-refractivity contribution is 9.10. The van der Waals surface area contributed by atoms with E-state index in [0.717, 1.165) is 23.0 Å². The molecule has 1 aliphatic heterocycles. The van der Waals surface area contributed by atoms with Gasteiger partial charge in [0.05, 0.1) is 0 Å². The fourth-order valence-corrected chi connectivity index (χ4v) is 3.20. The quantitative estimate of drug-likeness (QED) is 0.833. The second-order valence-corrected chi connectivity index (χ2v) is 6.43. The number of hydrogen-bond donors (Lipinski definition) is 1. The van der Waals surface area contributed by atoms with Crippen LogP contribution in [0, 0.1) is 0 Å². The predicted octanol–water partition coefficient (Wildman–Crippen LogP) is 3.76. The van der Waals surface area contributed by atoms with Crippen LogP contribution in [0.3, 0.4) is 0 Å². The van der Waals surface area contributed by atoms with Gasteiger partial charge in [-0.2, -0.15) is 0 Å². The lowest BCUT2D eigenvalue weighted by Gasteiger charge is -2.29. The average molecular weight is 373 g/mol. The number of fused-ring (bicyclic) bond motifs is 1. The van der Waals surface area contributed by atoms with Gasteiger partial charge in [-0.1, -0.05) is 40.2 Å². The zero-order valence-corrected chi connectivity index (χ0v) is 14.2. The van der Waals surface area contributed by atoms with Crippen LogP contribution >= 0.6 is 15.9 Å². The zero-order valence-electron chi connectivity index (χ0n) is 12.6. The number of aryl methyl sites for hydroxylation is 1. The van der Waals surface area contributed by atoms with Gasteiger partial charge in [0.2, 0.25) is 11.8 Å². The van der Waals surface area contributed by atoms with Crippen LogP contribution in [-0.4, -0.2) is 18.4 Å². The molecular weight excluding hydrogens is 356 g/mol. The number of nitrogens with one attached hydrogen (secondary N) is 1. The highest BCUT2D eigenvalue weighted by Crippen LogP contribution is 2.27. The summed E-state index contributed by atoms with van der Waals surface area (Å²) in [5.41, 5.74) is 2.77. The summed E-state index contributed by atoms with van der Waals surface area (Å²) in [5.74, 6) is -0.458. The number of benzene rings is 2. The van der Waals surface area contributed by atoms with Crippen molar-refractivity contribution in [3.63, 3.8) is 0 Å². The number of halogens is 1. The second-order valence-electron chi connectivity index (χ2n) is 5.51. The Labute approximate surface area is 143 Å². The summed E-state index contributed by atoms with van der Waals surface area (Å²) < 4.78 is 0.881. The molecule has 0 unspecified atom stereocenters. The van der Waals surface area contributed by atoms with Gasteiger partial charge in [-0.3, -0.25) is 9.59 Å². The molecule has 0 spiro atoms. The van der Waals surface area contributed by atoms with E-state index >= 15 is 0 Å². The van der Waals surface area contributed by atoms with Gasteiger partial charge in [0, 0.05) is 22.4 Å². The Morgan fingerprint density at radius 1 is 1.13 bits per heavy atom. The van der Waals surface area contributed by atoms with Crippen molar-refractivity contribution in [2.75, 3.05) is 16.8 Å². The van der Waals surface area contributed by atoms with E-state index < -0.39 is 0 Å². The van der Waals surface area contributed by atoms with Crippen molar-refractivity contribution in [2.45, 2.75) is 19.3 Å². The zero-order chi connectivity index (χ0) is 16.2. The van der Waals surface area contributed by atoms with Gasteiger partial charge in [-0.05, 0) is 42.7 Å². The minimum atomic E-state index is -0.295. The number of hydrogen-bond acceptors (Lipinski definition) is 2. The maximum Gasteiger partial charge on any atom is 0.236 e. The first-order valence-corrected chi connectivity index (χ1v) is 8.36. The summed E-state index contributed by atoms with van der Waals surface area (Å²) in [6, 6.07) is 15.2. The number of anilines is 2. The average Bonchev–Trinajstić information content (AvgIpc) is 2.54. The highest BCUT2D eigenvalue weighted by atomic mass is 79.9. The number of para-hydroxylation sites is 1. The first kappa shape index (κ1) is 15.7. The lowest BCUT2D eigenvalue weighted by molar-refractivity contribution is -0.125. The van der Waals surface area contributed by atoms with Gasteiger partial charge in [0.25, 0.3) is 0 Å². The molecule has 0 radical (unpaired) electrons. The molecule has 0 aromatic heterocycles. The van der Waals surface area contributed by atoms with E-state index in [4.69, 9.17) is 0 Å². The van der Waals surface area contributed by atoms with Crippen molar-refractivity contribution in [1.29, 1.82) is 0 Å². The first-order valence-electron chi connectivity index (χ1n) is 7.57. The fourth-order valence-electron chi connectivity index (χ4n) is 2.80. The van der Waals surface area contributed by atoms with Gasteiger partial charge >= 0.3 is 0 Å². The number of amides is 2. The molecule has 1 heterocycles. The van der Waals surface area contributed by atoms with E-state index in [0.29, 0.717) is 12.2 Å². The molecule has 2 aromatic carbocycles. The molecule has 0 aliphatic carbocycles. The van der Waals surface area contributed by atoms with E-state index in [-0.39, 0.29) is 18.2 Å². The van der Waals surface area contributed by atoms with Crippen molar-refractivity contribution in [2.24, 2.45) is 0 Å². The van der Waals surface area contributed by atoms with Crippen LogP contribution in [0.2, 0.25) is 0 Å². The van der Waals surface area contributed by atoms with E-state index in [1.165, 1.54) is 5.56 Å². The smallest absolute Gasteiger partial charge is 0.236 e. The van der Waals surface area contributed by atoms with Crippen molar-refractivity contribution in [3.05, 3.63) is 58.6 Å². The van der Waals surface area contributed by atoms with Crippen LogP contribution in [0.4, 0.5) is 11.4 Å². The summed E-state index contributed by atoms with van der Waals surface area (Å²) in [4.78, 5) is 26.3. The maximum absolute atomic E-state index is 12.5. The Morgan fingerprint density at radius 2 is 1.96 bits per heavy atom. The molecular formula is C18H17BrN2O2. The van der Waals surface area contributed by atoms with Crippen LogP contribution in [0.25, 0.3) is 0 Å². The molecule has 4 nitrogen and oxygen atoms in total. The lowest BCUT2D eigenvalue weighted by atomic mass is 10.0. The number of nitrogens with zero attached hydrogens (tertiary/aromatic N) is 1. The summed E-state index contributed by atoms with van der Waals surface area (Å²) >= 11 is 3.36. The van der Waals surface area contributed by atoms with Crippen molar-refractivity contribution < 1.29 is 9.59 Å². The molecule has 118 valence electrons. The summed E-state index contributed by atoms with van der Waals surface area (Å²) in [5, 5.41) is 2.76. The SMILES string of the molecule is O=C(CC(=O)N1CCCc2ccccc21)Nc1cccc(Br)c1. The lowest BCUT2D eigenvalue weighted by Crippen LogP contribution is -2.37. The topological polar surface area (TPSA) is 49.4 Å². The van der Waals surface area contributed by atoms with Gasteiger partial charge < -0.3 is 10.2 Å². The Balaban J connectivity index is 1.67. The van der Waals surface area contributed by atoms with Crippen LogP contribution in [0.1, 0.15) is 18.4 Å². The Kier molecular flexibility index (Phi) is 4.76. The Morgan fingerprint density at radius 3 is 2.78 bits per heavy atom. The number of carbonyl (C=O) groups is 2. The van der Waals surface area contributed by atoms with E-state index in [9.17, 15) is 9.59 Å². The number of carbonyl (C=O) groups excluding carboxylic acids is 2. The monoisotopic (exact) mass is 372 g/mol. The Bertz CT molecular complexity index is 745. The molecule has 1 N–H and O–H groups in total. The largest absolute Gasteiger partial charge is 0.326 e. The van der Waals surface area contributed by atoms with E-state index in [1.54, 1.807) is 17.0 Å². The van der Waals surface area contributed by atoms with E-state index in [2.05, 4.69) is 21.2 Å². The van der Waals surface area contributed by atoms with Crippen LogP contribution < -0.4 is 10.2 Å². The third-order valence-electron chi connectivity index (χ3n) is 3.83. The molecule has 0 atom stereocenters. The van der Waals surface area contributed by atoms with Gasteiger partial charge in [-0.25, -0.2) is 0 Å². The third-order valence-corrected chi connectivity index (χ3v) is 4.32. The minimum absolute atomic E-state index is 0.152. The summed E-state index contributed by atoms with van der Waals surface area (Å²) in [6.07, 6.45) is 1.75.